The lowest BCUT2D eigenvalue weighted by molar-refractivity contribution is -0.157. The zero-order valence-corrected chi connectivity index (χ0v) is 17.1. The van der Waals surface area contributed by atoms with E-state index in [-0.39, 0.29) is 5.91 Å². The van der Waals surface area contributed by atoms with Gasteiger partial charge in [-0.3, -0.25) is 14.5 Å². The molecular weight excluding hydrogens is 358 g/mol. The van der Waals surface area contributed by atoms with E-state index in [4.69, 9.17) is 4.42 Å². The summed E-state index contributed by atoms with van der Waals surface area (Å²) in [6, 6.07) is 0. The van der Waals surface area contributed by atoms with Crippen LogP contribution in [-0.2, 0) is 16.1 Å². The van der Waals surface area contributed by atoms with Crippen LogP contribution in [0.1, 0.15) is 68.7 Å². The molecule has 0 radical (unpaired) electrons. The van der Waals surface area contributed by atoms with Crippen LogP contribution in [0.15, 0.2) is 4.42 Å². The zero-order chi connectivity index (χ0) is 20.1. The van der Waals surface area contributed by atoms with Crippen molar-refractivity contribution in [3.8, 4) is 0 Å². The van der Waals surface area contributed by atoms with Gasteiger partial charge in [0.25, 0.3) is 0 Å². The van der Waals surface area contributed by atoms with Gasteiger partial charge in [0.15, 0.2) is 0 Å². The quantitative estimate of drug-likeness (QED) is 0.572. The molecule has 3 rings (SSSR count). The van der Waals surface area contributed by atoms with Gasteiger partial charge in [-0.25, -0.2) is 4.98 Å². The number of rotatable bonds is 6. The average molecular weight is 392 g/mol. The SMILES string of the molecule is Cc1nc(CN2CCC(CNC(=O)C3(C(=O)O)CCCCCC3)CC2)oc1C. The molecule has 0 aromatic carbocycles. The maximum absolute atomic E-state index is 12.8. The van der Waals surface area contributed by atoms with Gasteiger partial charge in [0.05, 0.1) is 12.2 Å². The van der Waals surface area contributed by atoms with Gasteiger partial charge < -0.3 is 14.8 Å². The summed E-state index contributed by atoms with van der Waals surface area (Å²) < 4.78 is 5.67. The number of aliphatic carboxylic acids is 1. The predicted octanol–water partition coefficient (Wildman–Crippen LogP) is 3.04. The number of oxazole rings is 1. The molecular formula is C21H33N3O4. The zero-order valence-electron chi connectivity index (χ0n) is 17.1. The first-order valence-electron chi connectivity index (χ1n) is 10.6. The van der Waals surface area contributed by atoms with Gasteiger partial charge in [-0.05, 0) is 58.5 Å². The molecule has 156 valence electrons. The van der Waals surface area contributed by atoms with Gasteiger partial charge in [0.1, 0.15) is 11.2 Å². The van der Waals surface area contributed by atoms with E-state index in [2.05, 4.69) is 15.2 Å². The number of nitrogens with zero attached hydrogens (tertiary/aromatic N) is 2. The summed E-state index contributed by atoms with van der Waals surface area (Å²) >= 11 is 0. The number of aryl methyl sites for hydroxylation is 2. The molecule has 2 aliphatic rings. The molecule has 1 amide bonds. The first-order chi connectivity index (χ1) is 13.4. The maximum atomic E-state index is 12.8. The Morgan fingerprint density at radius 3 is 2.36 bits per heavy atom. The molecule has 7 heteroatoms. The van der Waals surface area contributed by atoms with Crippen LogP contribution < -0.4 is 5.32 Å². The maximum Gasteiger partial charge on any atom is 0.319 e. The van der Waals surface area contributed by atoms with Crippen molar-refractivity contribution < 1.29 is 19.1 Å². The number of nitrogens with one attached hydrogen (secondary N) is 1. The number of piperidine rings is 1. The van der Waals surface area contributed by atoms with E-state index in [1.165, 1.54) is 0 Å². The summed E-state index contributed by atoms with van der Waals surface area (Å²) in [5.41, 5.74) is -0.281. The summed E-state index contributed by atoms with van der Waals surface area (Å²) in [4.78, 5) is 31.4. The molecule has 1 aliphatic carbocycles. The molecule has 0 unspecified atom stereocenters. The molecule has 2 heterocycles. The topological polar surface area (TPSA) is 95.7 Å². The van der Waals surface area contributed by atoms with Crippen molar-refractivity contribution in [2.75, 3.05) is 19.6 Å². The van der Waals surface area contributed by atoms with E-state index in [1.54, 1.807) is 0 Å². The summed E-state index contributed by atoms with van der Waals surface area (Å²) in [7, 11) is 0. The van der Waals surface area contributed by atoms with Crippen molar-refractivity contribution >= 4 is 11.9 Å². The monoisotopic (exact) mass is 391 g/mol. The molecule has 1 aromatic rings. The van der Waals surface area contributed by atoms with Crippen molar-refractivity contribution in [1.82, 2.24) is 15.2 Å². The Morgan fingerprint density at radius 2 is 1.82 bits per heavy atom. The molecule has 1 aromatic heterocycles. The van der Waals surface area contributed by atoms with Gasteiger partial charge in [0, 0.05) is 6.54 Å². The third-order valence-corrected chi connectivity index (χ3v) is 6.49. The van der Waals surface area contributed by atoms with Crippen LogP contribution in [0.3, 0.4) is 0 Å². The Morgan fingerprint density at radius 1 is 1.18 bits per heavy atom. The second-order valence-corrected chi connectivity index (χ2v) is 8.48. The van der Waals surface area contributed by atoms with Crippen molar-refractivity contribution in [2.24, 2.45) is 11.3 Å². The van der Waals surface area contributed by atoms with E-state index < -0.39 is 11.4 Å². The fraction of sp³-hybridized carbons (Fsp3) is 0.762. The van der Waals surface area contributed by atoms with Gasteiger partial charge in [-0.15, -0.1) is 0 Å². The Bertz CT molecular complexity index is 664. The Kier molecular flexibility index (Phi) is 6.75. The summed E-state index contributed by atoms with van der Waals surface area (Å²) in [6.45, 7) is 7.04. The first-order valence-corrected chi connectivity index (χ1v) is 10.6. The Balaban J connectivity index is 1.46. The fourth-order valence-corrected chi connectivity index (χ4v) is 4.42. The smallest absolute Gasteiger partial charge is 0.319 e. The average Bonchev–Trinajstić information content (AvgIpc) is 2.87. The molecule has 2 fully saturated rings. The van der Waals surface area contributed by atoms with Gasteiger partial charge >= 0.3 is 5.97 Å². The number of aromatic nitrogens is 1. The van der Waals surface area contributed by atoms with Crippen molar-refractivity contribution in [2.45, 2.75) is 71.8 Å². The highest BCUT2D eigenvalue weighted by Crippen LogP contribution is 2.36. The van der Waals surface area contributed by atoms with Crippen LogP contribution >= 0.6 is 0 Å². The number of likely N-dealkylation sites (tertiary alicyclic amines) is 1. The van der Waals surface area contributed by atoms with Crippen molar-refractivity contribution in [3.63, 3.8) is 0 Å². The van der Waals surface area contributed by atoms with Crippen molar-refractivity contribution in [3.05, 3.63) is 17.3 Å². The second kappa shape index (κ2) is 9.07. The standard InChI is InChI=1S/C21H33N3O4/c1-15-16(2)28-18(23-15)14-24-11-7-17(8-12-24)13-22-19(25)21(20(26)27)9-5-3-4-6-10-21/h17H,3-14H2,1-2H3,(H,22,25)(H,26,27). The van der Waals surface area contributed by atoms with Gasteiger partial charge in [0.2, 0.25) is 11.8 Å². The van der Waals surface area contributed by atoms with Crippen LogP contribution in [0, 0.1) is 25.2 Å². The number of hydrogen-bond donors (Lipinski definition) is 2. The van der Waals surface area contributed by atoms with Crippen LogP contribution in [0.5, 0.6) is 0 Å². The van der Waals surface area contributed by atoms with E-state index in [9.17, 15) is 14.7 Å². The largest absolute Gasteiger partial charge is 0.480 e. The Labute approximate surface area is 166 Å². The minimum absolute atomic E-state index is 0.282. The number of carboxylic acid groups (broad SMARTS) is 1. The molecule has 0 spiro atoms. The molecule has 28 heavy (non-hydrogen) atoms. The molecule has 0 bridgehead atoms. The summed E-state index contributed by atoms with van der Waals surface area (Å²) in [5.74, 6) is 0.787. The normalized spacial score (nSPS) is 21.2. The van der Waals surface area contributed by atoms with E-state index in [0.717, 1.165) is 75.5 Å². The van der Waals surface area contributed by atoms with Gasteiger partial charge in [-0.2, -0.15) is 0 Å². The molecule has 1 saturated heterocycles. The molecule has 1 aliphatic heterocycles. The predicted molar refractivity (Wildman–Crippen MR) is 105 cm³/mol. The highest BCUT2D eigenvalue weighted by molar-refractivity contribution is 6.01. The summed E-state index contributed by atoms with van der Waals surface area (Å²) in [6.07, 6.45) is 6.56. The lowest BCUT2D eigenvalue weighted by atomic mass is 9.79. The Hall–Kier alpha value is -1.89. The highest BCUT2D eigenvalue weighted by atomic mass is 16.4. The van der Waals surface area contributed by atoms with Crippen molar-refractivity contribution in [1.29, 1.82) is 0 Å². The van der Waals surface area contributed by atoms with Crippen LogP contribution in [0.2, 0.25) is 0 Å². The third-order valence-electron chi connectivity index (χ3n) is 6.49. The van der Waals surface area contributed by atoms with Crippen LogP contribution in [-0.4, -0.2) is 46.5 Å². The lowest BCUT2D eigenvalue weighted by Crippen LogP contribution is -2.48. The van der Waals surface area contributed by atoms with E-state index in [0.29, 0.717) is 25.3 Å². The highest BCUT2D eigenvalue weighted by Gasteiger charge is 2.45. The van der Waals surface area contributed by atoms with Gasteiger partial charge in [-0.1, -0.05) is 25.7 Å². The third kappa shape index (κ3) is 4.74. The minimum atomic E-state index is -1.22. The first kappa shape index (κ1) is 20.8. The number of amides is 1. The molecule has 1 saturated carbocycles. The molecule has 2 N–H and O–H groups in total. The molecule has 7 nitrogen and oxygen atoms in total. The minimum Gasteiger partial charge on any atom is -0.480 e. The molecule has 0 atom stereocenters. The van der Waals surface area contributed by atoms with Crippen LogP contribution in [0.4, 0.5) is 0 Å². The number of carbonyl (C=O) groups excluding carboxylic acids is 1. The summed E-state index contributed by atoms with van der Waals surface area (Å²) in [5, 5.41) is 12.7. The van der Waals surface area contributed by atoms with E-state index >= 15 is 0 Å². The number of carboxylic acids is 1. The fourth-order valence-electron chi connectivity index (χ4n) is 4.42. The number of carbonyl (C=O) groups is 2. The second-order valence-electron chi connectivity index (χ2n) is 8.48. The number of hydrogen-bond acceptors (Lipinski definition) is 5. The lowest BCUT2D eigenvalue weighted by Gasteiger charge is -2.32. The van der Waals surface area contributed by atoms with Crippen LogP contribution in [0.25, 0.3) is 0 Å². The van der Waals surface area contributed by atoms with E-state index in [1.807, 2.05) is 13.8 Å².